The topological polar surface area (TPSA) is 85.5 Å². The van der Waals surface area contributed by atoms with Crippen LogP contribution >= 0.6 is 11.3 Å². The molecule has 0 unspecified atom stereocenters. The first kappa shape index (κ1) is 16.9. The lowest BCUT2D eigenvalue weighted by atomic mass is 9.93. The van der Waals surface area contributed by atoms with Gasteiger partial charge in [-0.2, -0.15) is 0 Å². The first-order chi connectivity index (χ1) is 11.6. The summed E-state index contributed by atoms with van der Waals surface area (Å²) in [7, 11) is 0. The van der Waals surface area contributed by atoms with Gasteiger partial charge in [-0.1, -0.05) is 12.1 Å². The van der Waals surface area contributed by atoms with E-state index in [1.807, 2.05) is 24.3 Å². The molecule has 1 aromatic carbocycles. The van der Waals surface area contributed by atoms with E-state index in [0.717, 1.165) is 28.1 Å². The summed E-state index contributed by atoms with van der Waals surface area (Å²) in [6.07, 6.45) is 2.06. The lowest BCUT2D eigenvalue weighted by Crippen LogP contribution is -2.41. The first-order valence-corrected chi connectivity index (χ1v) is 8.92. The number of rotatable bonds is 6. The van der Waals surface area contributed by atoms with E-state index in [2.05, 4.69) is 4.98 Å². The number of carbonyl (C=O) groups is 2. The molecule has 2 aromatic rings. The van der Waals surface area contributed by atoms with Crippen molar-refractivity contribution in [1.29, 1.82) is 0 Å². The van der Waals surface area contributed by atoms with Crippen molar-refractivity contribution in [2.24, 2.45) is 11.7 Å². The van der Waals surface area contributed by atoms with Gasteiger partial charge in [0.15, 0.2) is 0 Å². The Morgan fingerprint density at radius 1 is 1.29 bits per heavy atom. The minimum absolute atomic E-state index is 0.00589. The molecule has 1 saturated heterocycles. The summed E-state index contributed by atoms with van der Waals surface area (Å²) < 4.78 is 6.66. The number of fused-ring (bicyclic) bond motifs is 1. The summed E-state index contributed by atoms with van der Waals surface area (Å²) in [6.45, 7) is 1.75. The molecular weight excluding hydrogens is 326 g/mol. The molecule has 128 valence electrons. The minimum atomic E-state index is -0.265. The molecule has 1 aliphatic heterocycles. The maximum atomic E-state index is 12.2. The largest absolute Gasteiger partial charge is 0.370 e. The summed E-state index contributed by atoms with van der Waals surface area (Å²) in [6, 6.07) is 7.93. The van der Waals surface area contributed by atoms with E-state index < -0.39 is 0 Å². The van der Waals surface area contributed by atoms with Crippen molar-refractivity contribution in [3.8, 4) is 0 Å². The summed E-state index contributed by atoms with van der Waals surface area (Å²) in [4.78, 5) is 29.4. The van der Waals surface area contributed by atoms with Crippen LogP contribution < -0.4 is 5.73 Å². The Balaban J connectivity index is 1.42. The first-order valence-electron chi connectivity index (χ1n) is 8.10. The molecule has 1 fully saturated rings. The van der Waals surface area contributed by atoms with Gasteiger partial charge in [0.1, 0.15) is 11.6 Å². The number of carbonyl (C=O) groups excluding carboxylic acids is 2. The zero-order valence-electron chi connectivity index (χ0n) is 13.4. The molecule has 0 spiro atoms. The van der Waals surface area contributed by atoms with Crippen molar-refractivity contribution in [3.05, 3.63) is 29.3 Å². The number of hydrogen-bond acceptors (Lipinski definition) is 5. The Hall–Kier alpha value is -1.99. The third kappa shape index (κ3) is 4.30. The predicted octanol–water partition coefficient (Wildman–Crippen LogP) is 1.93. The summed E-state index contributed by atoms with van der Waals surface area (Å²) >= 11 is 1.59. The van der Waals surface area contributed by atoms with Gasteiger partial charge in [0.05, 0.1) is 16.8 Å². The van der Waals surface area contributed by atoms with Crippen molar-refractivity contribution in [3.63, 3.8) is 0 Å². The molecule has 1 aromatic heterocycles. The van der Waals surface area contributed by atoms with E-state index in [4.69, 9.17) is 10.5 Å². The number of hydrogen-bond donors (Lipinski definition) is 1. The van der Waals surface area contributed by atoms with Crippen LogP contribution in [0, 0.1) is 5.92 Å². The van der Waals surface area contributed by atoms with Crippen molar-refractivity contribution in [1.82, 2.24) is 9.88 Å². The Labute approximate surface area is 144 Å². The maximum Gasteiger partial charge on any atom is 0.248 e. The molecule has 2 N–H and O–H groups in total. The normalized spacial score (nSPS) is 15.8. The molecule has 1 aliphatic rings. The van der Waals surface area contributed by atoms with Gasteiger partial charge in [0.2, 0.25) is 11.8 Å². The number of thiazole rings is 1. The number of amides is 2. The average Bonchev–Trinajstić information content (AvgIpc) is 2.97. The minimum Gasteiger partial charge on any atom is -0.370 e. The molecule has 0 bridgehead atoms. The predicted molar refractivity (Wildman–Crippen MR) is 92.4 cm³/mol. The number of likely N-dealkylation sites (tertiary alicyclic amines) is 1. The summed E-state index contributed by atoms with van der Waals surface area (Å²) in [5.74, 6) is 0.0304. The smallest absolute Gasteiger partial charge is 0.248 e. The molecule has 0 atom stereocenters. The average molecular weight is 347 g/mol. The van der Waals surface area contributed by atoms with Crippen LogP contribution in [0.2, 0.25) is 0 Å². The molecule has 24 heavy (non-hydrogen) atoms. The third-order valence-corrected chi connectivity index (χ3v) is 5.26. The molecule has 0 saturated carbocycles. The number of aromatic nitrogens is 1. The lowest BCUT2D eigenvalue weighted by molar-refractivity contribution is -0.138. The van der Waals surface area contributed by atoms with E-state index in [0.29, 0.717) is 32.0 Å². The van der Waals surface area contributed by atoms with Gasteiger partial charge in [-0.25, -0.2) is 4.98 Å². The van der Waals surface area contributed by atoms with Gasteiger partial charge in [0, 0.05) is 19.5 Å². The highest BCUT2D eigenvalue weighted by Gasteiger charge is 2.23. The number of ether oxygens (including phenoxy) is 1. The quantitative estimate of drug-likeness (QED) is 0.865. The molecule has 2 heterocycles. The molecule has 0 radical (unpaired) electrons. The molecule has 7 heteroatoms. The second-order valence-corrected chi connectivity index (χ2v) is 7.18. The Kier molecular flexibility index (Phi) is 5.42. The molecular formula is C17H21N3O3S. The number of para-hydroxylation sites is 1. The fourth-order valence-corrected chi connectivity index (χ4v) is 3.87. The zero-order valence-corrected chi connectivity index (χ0v) is 14.3. The molecule has 6 nitrogen and oxygen atoms in total. The maximum absolute atomic E-state index is 12.2. The number of primary amides is 1. The zero-order chi connectivity index (χ0) is 16.9. The lowest BCUT2D eigenvalue weighted by Gasteiger charge is -2.31. The number of piperidine rings is 1. The Bertz CT molecular complexity index is 690. The summed E-state index contributed by atoms with van der Waals surface area (Å²) in [5.41, 5.74) is 6.18. The van der Waals surface area contributed by atoms with Crippen LogP contribution in [0.3, 0.4) is 0 Å². The number of benzene rings is 1. The van der Waals surface area contributed by atoms with Crippen LogP contribution in [0.1, 0.15) is 24.3 Å². The molecule has 2 amide bonds. The van der Waals surface area contributed by atoms with E-state index in [-0.39, 0.29) is 18.4 Å². The van der Waals surface area contributed by atoms with Gasteiger partial charge in [-0.3, -0.25) is 9.59 Å². The Morgan fingerprint density at radius 2 is 2.04 bits per heavy atom. The van der Waals surface area contributed by atoms with Gasteiger partial charge < -0.3 is 15.4 Å². The highest BCUT2D eigenvalue weighted by molar-refractivity contribution is 7.18. The fraction of sp³-hybridized carbons (Fsp3) is 0.471. The van der Waals surface area contributed by atoms with Crippen LogP contribution in [-0.2, 0) is 20.9 Å². The second kappa shape index (κ2) is 7.72. The third-order valence-electron chi connectivity index (χ3n) is 4.25. The Morgan fingerprint density at radius 3 is 2.75 bits per heavy atom. The van der Waals surface area contributed by atoms with Crippen LogP contribution in [0.4, 0.5) is 0 Å². The van der Waals surface area contributed by atoms with Crippen molar-refractivity contribution >= 4 is 33.4 Å². The number of nitrogens with two attached hydrogens (primary N) is 1. The standard InChI is InChI=1S/C17H21N3O3S/c18-15(21)9-12-5-7-20(8-6-12)17(22)11-23-10-16-19-13-3-1-2-4-14(13)24-16/h1-4,12H,5-11H2,(H2,18,21). The fourth-order valence-electron chi connectivity index (χ4n) is 2.97. The van der Waals surface area contributed by atoms with Crippen molar-refractivity contribution in [2.75, 3.05) is 19.7 Å². The van der Waals surface area contributed by atoms with Crippen LogP contribution in [0.25, 0.3) is 10.2 Å². The number of nitrogens with zero attached hydrogens (tertiary/aromatic N) is 2. The highest BCUT2D eigenvalue weighted by atomic mass is 32.1. The van der Waals surface area contributed by atoms with Crippen LogP contribution in [-0.4, -0.2) is 41.4 Å². The van der Waals surface area contributed by atoms with Crippen LogP contribution in [0.5, 0.6) is 0 Å². The van der Waals surface area contributed by atoms with Crippen LogP contribution in [0.15, 0.2) is 24.3 Å². The molecule has 3 rings (SSSR count). The second-order valence-electron chi connectivity index (χ2n) is 6.06. The molecule has 0 aliphatic carbocycles. The SMILES string of the molecule is NC(=O)CC1CCN(C(=O)COCc2nc3ccccc3s2)CC1. The van der Waals surface area contributed by atoms with Crippen molar-refractivity contribution < 1.29 is 14.3 Å². The van der Waals surface area contributed by atoms with Gasteiger partial charge in [-0.05, 0) is 30.9 Å². The van der Waals surface area contributed by atoms with Gasteiger partial charge >= 0.3 is 0 Å². The van der Waals surface area contributed by atoms with E-state index in [1.165, 1.54) is 0 Å². The van der Waals surface area contributed by atoms with E-state index in [1.54, 1.807) is 16.2 Å². The van der Waals surface area contributed by atoms with Gasteiger partial charge in [-0.15, -0.1) is 11.3 Å². The highest BCUT2D eigenvalue weighted by Crippen LogP contribution is 2.22. The van der Waals surface area contributed by atoms with E-state index >= 15 is 0 Å². The van der Waals surface area contributed by atoms with E-state index in [9.17, 15) is 9.59 Å². The van der Waals surface area contributed by atoms with Gasteiger partial charge in [0.25, 0.3) is 0 Å². The summed E-state index contributed by atoms with van der Waals surface area (Å²) in [5, 5.41) is 0.879. The van der Waals surface area contributed by atoms with Crippen molar-refractivity contribution in [2.45, 2.75) is 25.9 Å². The monoisotopic (exact) mass is 347 g/mol.